The Hall–Kier alpha value is -3.22. The summed E-state index contributed by atoms with van der Waals surface area (Å²) in [7, 11) is 0. The summed E-state index contributed by atoms with van der Waals surface area (Å²) in [6.45, 7) is 8.99. The van der Waals surface area contributed by atoms with Crippen LogP contribution in [0.5, 0.6) is 0 Å². The van der Waals surface area contributed by atoms with Crippen molar-refractivity contribution in [2.75, 3.05) is 13.1 Å². The number of piperidine rings is 1. The third-order valence-electron chi connectivity index (χ3n) is 6.40. The third-order valence-corrected chi connectivity index (χ3v) is 6.40. The fourth-order valence-electron chi connectivity index (χ4n) is 4.59. The van der Waals surface area contributed by atoms with Gasteiger partial charge in [0.15, 0.2) is 0 Å². The van der Waals surface area contributed by atoms with Crippen LogP contribution in [0.4, 0.5) is 4.39 Å². The normalized spacial score (nSPS) is 18.6. The van der Waals surface area contributed by atoms with Gasteiger partial charge >= 0.3 is 5.97 Å². The highest BCUT2D eigenvalue weighted by atomic mass is 19.1. The number of hydrogen-bond acceptors (Lipinski definition) is 3. The molecule has 1 fully saturated rings. The Kier molecular flexibility index (Phi) is 7.20. The number of carboxylic acid groups (broad SMARTS) is 1. The van der Waals surface area contributed by atoms with E-state index in [0.717, 1.165) is 12.0 Å². The van der Waals surface area contributed by atoms with E-state index in [1.54, 1.807) is 4.90 Å². The van der Waals surface area contributed by atoms with Crippen molar-refractivity contribution in [3.8, 4) is 0 Å². The first-order chi connectivity index (χ1) is 15.5. The van der Waals surface area contributed by atoms with Crippen molar-refractivity contribution >= 4 is 17.8 Å². The highest BCUT2D eigenvalue weighted by molar-refractivity contribution is 5.99. The topological polar surface area (TPSA) is 86.7 Å². The van der Waals surface area contributed by atoms with Gasteiger partial charge in [-0.1, -0.05) is 45.9 Å². The maximum absolute atomic E-state index is 13.4. The van der Waals surface area contributed by atoms with Crippen LogP contribution in [0.2, 0.25) is 0 Å². The zero-order valence-corrected chi connectivity index (χ0v) is 19.5. The quantitative estimate of drug-likeness (QED) is 0.681. The number of nitrogens with one attached hydrogen (secondary N) is 1. The van der Waals surface area contributed by atoms with Gasteiger partial charge in [-0.2, -0.15) is 0 Å². The first-order valence-corrected chi connectivity index (χ1v) is 11.2. The fourth-order valence-corrected chi connectivity index (χ4v) is 4.59. The lowest BCUT2D eigenvalue weighted by molar-refractivity contribution is -0.137. The van der Waals surface area contributed by atoms with Crippen LogP contribution >= 0.6 is 0 Å². The maximum Gasteiger partial charge on any atom is 0.335 e. The van der Waals surface area contributed by atoms with Crippen molar-refractivity contribution in [3.05, 3.63) is 71.0 Å². The van der Waals surface area contributed by atoms with Gasteiger partial charge in [-0.25, -0.2) is 9.18 Å². The number of aromatic carboxylic acids is 1. The van der Waals surface area contributed by atoms with Gasteiger partial charge in [0.05, 0.1) is 5.56 Å². The van der Waals surface area contributed by atoms with Gasteiger partial charge in [0.2, 0.25) is 5.91 Å². The van der Waals surface area contributed by atoms with Crippen molar-refractivity contribution < 1.29 is 23.9 Å². The van der Waals surface area contributed by atoms with Gasteiger partial charge in [0.25, 0.3) is 5.91 Å². The Morgan fingerprint density at radius 1 is 1.09 bits per heavy atom. The highest BCUT2D eigenvalue weighted by Gasteiger charge is 2.40. The molecule has 0 aromatic heterocycles. The van der Waals surface area contributed by atoms with Gasteiger partial charge in [-0.05, 0) is 59.6 Å². The third kappa shape index (κ3) is 5.59. The van der Waals surface area contributed by atoms with E-state index in [4.69, 9.17) is 0 Å². The maximum atomic E-state index is 13.4. The smallest absolute Gasteiger partial charge is 0.335 e. The molecule has 0 bridgehead atoms. The predicted molar refractivity (Wildman–Crippen MR) is 124 cm³/mol. The van der Waals surface area contributed by atoms with Crippen molar-refractivity contribution in [1.29, 1.82) is 0 Å². The molecule has 33 heavy (non-hydrogen) atoms. The van der Waals surface area contributed by atoms with Gasteiger partial charge in [-0.3, -0.25) is 9.59 Å². The van der Waals surface area contributed by atoms with Crippen LogP contribution in [0, 0.1) is 17.2 Å². The van der Waals surface area contributed by atoms with Crippen LogP contribution in [-0.4, -0.2) is 46.9 Å². The molecular formula is C26H31FN2O4. The summed E-state index contributed by atoms with van der Waals surface area (Å²) >= 11 is 0. The van der Waals surface area contributed by atoms with Crippen LogP contribution < -0.4 is 5.32 Å². The van der Waals surface area contributed by atoms with Crippen LogP contribution in [0.1, 0.15) is 66.3 Å². The van der Waals surface area contributed by atoms with Gasteiger partial charge in [-0.15, -0.1) is 0 Å². The van der Waals surface area contributed by atoms with E-state index in [9.17, 15) is 23.9 Å². The Morgan fingerprint density at radius 2 is 1.73 bits per heavy atom. The van der Waals surface area contributed by atoms with Crippen LogP contribution in [0.25, 0.3) is 0 Å². The molecule has 1 aliphatic rings. The van der Waals surface area contributed by atoms with Crippen molar-refractivity contribution in [2.24, 2.45) is 11.3 Å². The second kappa shape index (κ2) is 9.73. The molecule has 0 radical (unpaired) electrons. The Balaban J connectivity index is 1.73. The number of hydrogen-bond donors (Lipinski definition) is 2. The fraction of sp³-hybridized carbons (Fsp3) is 0.423. The summed E-state index contributed by atoms with van der Waals surface area (Å²) in [6.07, 6.45) is 0.740. The zero-order chi connectivity index (χ0) is 24.3. The largest absolute Gasteiger partial charge is 0.478 e. The molecule has 0 aliphatic carbocycles. The van der Waals surface area contributed by atoms with E-state index >= 15 is 0 Å². The molecule has 2 aromatic rings. The second-order valence-electron chi connectivity index (χ2n) is 9.72. The van der Waals surface area contributed by atoms with E-state index in [0.29, 0.717) is 13.1 Å². The number of halogens is 1. The van der Waals surface area contributed by atoms with Crippen molar-refractivity contribution in [1.82, 2.24) is 10.2 Å². The van der Waals surface area contributed by atoms with E-state index in [2.05, 4.69) is 19.2 Å². The van der Waals surface area contributed by atoms with Crippen molar-refractivity contribution in [3.63, 3.8) is 0 Å². The van der Waals surface area contributed by atoms with Crippen LogP contribution in [0.3, 0.4) is 0 Å². The molecule has 2 atom stereocenters. The molecule has 0 saturated carbocycles. The number of carbonyl (C=O) groups excluding carboxylic acids is 2. The number of rotatable bonds is 6. The van der Waals surface area contributed by atoms with Gasteiger partial charge in [0, 0.05) is 18.7 Å². The summed E-state index contributed by atoms with van der Waals surface area (Å²) in [6, 6.07) is 11.6. The van der Waals surface area contributed by atoms with Gasteiger partial charge < -0.3 is 15.3 Å². The summed E-state index contributed by atoms with van der Waals surface area (Å²) < 4.78 is 13.4. The number of carbonyl (C=O) groups is 3. The number of nitrogens with zero attached hydrogens (tertiary/aromatic N) is 1. The molecule has 1 aliphatic heterocycles. The minimum absolute atomic E-state index is 0.0136. The Bertz CT molecular complexity index is 1030. The summed E-state index contributed by atoms with van der Waals surface area (Å²) in [5.41, 5.74) is 1.04. The minimum atomic E-state index is -1.12. The molecule has 2 aromatic carbocycles. The first kappa shape index (κ1) is 24.4. The Morgan fingerprint density at radius 3 is 2.30 bits per heavy atom. The van der Waals surface area contributed by atoms with E-state index in [-0.39, 0.29) is 40.1 Å². The second-order valence-corrected chi connectivity index (χ2v) is 9.72. The molecule has 2 N–H and O–H groups in total. The molecule has 1 heterocycles. The SMILES string of the molecule is CC(C)[C@@H](NC(=O)c1cccc(C(=O)O)c1)C(=O)N1CCC(c2ccc(F)cc2)C(C)(C)C1. The molecule has 2 amide bonds. The van der Waals surface area contributed by atoms with Gasteiger partial charge in [0.1, 0.15) is 11.9 Å². The first-order valence-electron chi connectivity index (χ1n) is 11.2. The average molecular weight is 455 g/mol. The molecule has 0 spiro atoms. The lowest BCUT2D eigenvalue weighted by Gasteiger charge is -2.45. The number of carboxylic acids is 1. The summed E-state index contributed by atoms with van der Waals surface area (Å²) in [5.74, 6) is -1.99. The van der Waals surface area contributed by atoms with Crippen LogP contribution in [0.15, 0.2) is 48.5 Å². The summed E-state index contributed by atoms with van der Waals surface area (Å²) in [4.78, 5) is 39.2. The van der Waals surface area contributed by atoms with Crippen LogP contribution in [-0.2, 0) is 4.79 Å². The number of amides is 2. The van der Waals surface area contributed by atoms with Crippen molar-refractivity contribution in [2.45, 2.75) is 46.1 Å². The molecule has 3 rings (SSSR count). The number of likely N-dealkylation sites (tertiary alicyclic amines) is 1. The highest BCUT2D eigenvalue weighted by Crippen LogP contribution is 2.42. The monoisotopic (exact) mass is 454 g/mol. The molecule has 176 valence electrons. The molecular weight excluding hydrogens is 423 g/mol. The summed E-state index contributed by atoms with van der Waals surface area (Å²) in [5, 5.41) is 12.0. The Labute approximate surface area is 193 Å². The van der Waals surface area contributed by atoms with E-state index < -0.39 is 17.9 Å². The number of benzene rings is 2. The minimum Gasteiger partial charge on any atom is -0.478 e. The van der Waals surface area contributed by atoms with E-state index in [1.165, 1.54) is 36.4 Å². The molecule has 1 saturated heterocycles. The lowest BCUT2D eigenvalue weighted by atomic mass is 9.70. The zero-order valence-electron chi connectivity index (χ0n) is 19.5. The molecule has 7 heteroatoms. The average Bonchev–Trinajstić information content (AvgIpc) is 2.76. The standard InChI is InChI=1S/C26H31FN2O4/c1-16(2)22(28-23(30)18-6-5-7-19(14-18)25(32)33)24(31)29-13-12-21(26(3,4)15-29)17-8-10-20(27)11-9-17/h5-11,14,16,21-22H,12-13,15H2,1-4H3,(H,28,30)(H,32,33)/t21?,22-/m1/s1. The van der Waals surface area contributed by atoms with E-state index in [1.807, 2.05) is 26.0 Å². The lowest BCUT2D eigenvalue weighted by Crippen LogP contribution is -2.55. The molecule has 6 nitrogen and oxygen atoms in total. The predicted octanol–water partition coefficient (Wildman–Crippen LogP) is 4.32. The molecule has 1 unspecified atom stereocenters.